The fraction of sp³-hybridized carbons (Fsp3) is 0.286. The van der Waals surface area contributed by atoms with Crippen LogP contribution in [0.1, 0.15) is 35.8 Å². The number of halogens is 1. The van der Waals surface area contributed by atoms with Crippen LogP contribution in [0.15, 0.2) is 41.3 Å². The highest BCUT2D eigenvalue weighted by atomic mass is 79.9. The molecular formula is C14H14BrN3O. The Kier molecular flexibility index (Phi) is 3.38. The van der Waals surface area contributed by atoms with Crippen molar-refractivity contribution < 1.29 is 4.79 Å². The lowest BCUT2D eigenvalue weighted by Crippen LogP contribution is -2.23. The molecule has 0 aromatic carbocycles. The molecule has 0 aliphatic heterocycles. The molecule has 2 heterocycles. The summed E-state index contributed by atoms with van der Waals surface area (Å²) in [6.45, 7) is 0. The van der Waals surface area contributed by atoms with Gasteiger partial charge < -0.3 is 9.88 Å². The summed E-state index contributed by atoms with van der Waals surface area (Å²) < 4.78 is 2.72. The summed E-state index contributed by atoms with van der Waals surface area (Å²) in [6, 6.07) is 7.88. The van der Waals surface area contributed by atoms with Crippen molar-refractivity contribution in [2.45, 2.75) is 25.3 Å². The molecule has 1 aliphatic rings. The highest BCUT2D eigenvalue weighted by Crippen LogP contribution is 2.33. The number of nitrogens with one attached hydrogen (secondary N) is 1. The van der Waals surface area contributed by atoms with Gasteiger partial charge in [0.25, 0.3) is 5.91 Å². The van der Waals surface area contributed by atoms with Gasteiger partial charge in [0.05, 0.1) is 5.69 Å². The number of hydrogen-bond acceptors (Lipinski definition) is 2. The predicted octanol–water partition coefficient (Wildman–Crippen LogP) is 3.62. The van der Waals surface area contributed by atoms with E-state index >= 15 is 0 Å². The van der Waals surface area contributed by atoms with Crippen molar-refractivity contribution >= 4 is 27.5 Å². The first kappa shape index (κ1) is 12.4. The van der Waals surface area contributed by atoms with Crippen molar-refractivity contribution in [2.75, 3.05) is 5.32 Å². The van der Waals surface area contributed by atoms with Crippen LogP contribution >= 0.6 is 15.9 Å². The molecule has 98 valence electrons. The van der Waals surface area contributed by atoms with Crippen LogP contribution in [0.4, 0.5) is 5.69 Å². The van der Waals surface area contributed by atoms with Gasteiger partial charge in [0.1, 0.15) is 10.3 Å². The maximum absolute atomic E-state index is 12.3. The Hall–Kier alpha value is -1.62. The summed E-state index contributed by atoms with van der Waals surface area (Å²) in [6.07, 6.45) is 7.23. The molecule has 0 spiro atoms. The second kappa shape index (κ2) is 5.17. The van der Waals surface area contributed by atoms with Gasteiger partial charge in [-0.2, -0.15) is 0 Å². The Labute approximate surface area is 120 Å². The Balaban J connectivity index is 1.81. The lowest BCUT2D eigenvalue weighted by molar-refractivity contribution is 0.101. The van der Waals surface area contributed by atoms with Gasteiger partial charge in [-0.05, 0) is 59.5 Å². The number of pyridine rings is 1. The monoisotopic (exact) mass is 319 g/mol. The third kappa shape index (κ3) is 2.42. The second-order valence-corrected chi connectivity index (χ2v) is 5.43. The molecule has 0 atom stereocenters. The highest BCUT2D eigenvalue weighted by molar-refractivity contribution is 9.10. The first-order chi connectivity index (χ1) is 9.25. The normalized spacial score (nSPS) is 15.0. The zero-order chi connectivity index (χ0) is 13.2. The van der Waals surface area contributed by atoms with E-state index in [0.717, 1.165) is 12.8 Å². The van der Waals surface area contributed by atoms with Gasteiger partial charge in [0.2, 0.25) is 0 Å². The Bertz CT molecular complexity index is 604. The van der Waals surface area contributed by atoms with Gasteiger partial charge in [0.15, 0.2) is 0 Å². The average molecular weight is 320 g/mol. The molecule has 2 aromatic heterocycles. The molecule has 0 radical (unpaired) electrons. The van der Waals surface area contributed by atoms with Gasteiger partial charge >= 0.3 is 0 Å². The fourth-order valence-corrected chi connectivity index (χ4v) is 2.58. The van der Waals surface area contributed by atoms with Crippen LogP contribution in [0.5, 0.6) is 0 Å². The van der Waals surface area contributed by atoms with E-state index in [2.05, 4.69) is 30.8 Å². The van der Waals surface area contributed by atoms with Gasteiger partial charge in [-0.3, -0.25) is 4.79 Å². The standard InChI is InChI=1S/C14H14BrN3O/c15-13-11(6-2-8-16-13)17-14(19)12-7-3-9-18(12)10-4-1-5-10/h2-3,6-10H,1,4-5H2,(H,17,19). The topological polar surface area (TPSA) is 46.9 Å². The van der Waals surface area contributed by atoms with Crippen LogP contribution in [-0.2, 0) is 0 Å². The zero-order valence-electron chi connectivity index (χ0n) is 10.3. The van der Waals surface area contributed by atoms with Crippen LogP contribution in [0.3, 0.4) is 0 Å². The minimum absolute atomic E-state index is 0.0920. The summed E-state index contributed by atoms with van der Waals surface area (Å²) in [4.78, 5) is 16.4. The van der Waals surface area contributed by atoms with Crippen LogP contribution in [0, 0.1) is 0 Å². The number of nitrogens with zero attached hydrogens (tertiary/aromatic N) is 2. The molecule has 19 heavy (non-hydrogen) atoms. The molecule has 1 aliphatic carbocycles. The minimum Gasteiger partial charge on any atom is -0.340 e. The molecular weight excluding hydrogens is 306 g/mol. The van der Waals surface area contributed by atoms with Gasteiger partial charge in [-0.15, -0.1) is 0 Å². The molecule has 1 fully saturated rings. The molecule has 0 saturated heterocycles. The summed E-state index contributed by atoms with van der Waals surface area (Å²) in [5.41, 5.74) is 1.40. The number of carbonyl (C=O) groups excluding carboxylic acids is 1. The van der Waals surface area contributed by atoms with E-state index in [1.54, 1.807) is 12.3 Å². The first-order valence-corrected chi connectivity index (χ1v) is 7.14. The van der Waals surface area contributed by atoms with E-state index < -0.39 is 0 Å². The number of carbonyl (C=O) groups is 1. The number of hydrogen-bond donors (Lipinski definition) is 1. The van der Waals surface area contributed by atoms with E-state index in [0.29, 0.717) is 22.0 Å². The SMILES string of the molecule is O=C(Nc1cccnc1Br)c1cccn1C1CCC1. The van der Waals surface area contributed by atoms with Crippen molar-refractivity contribution in [3.63, 3.8) is 0 Å². The number of rotatable bonds is 3. The number of aromatic nitrogens is 2. The third-order valence-electron chi connectivity index (χ3n) is 3.49. The maximum atomic E-state index is 12.3. The highest BCUT2D eigenvalue weighted by Gasteiger charge is 2.23. The van der Waals surface area contributed by atoms with Crippen molar-refractivity contribution in [3.05, 3.63) is 47.0 Å². The molecule has 5 heteroatoms. The lowest BCUT2D eigenvalue weighted by Gasteiger charge is -2.28. The molecule has 1 saturated carbocycles. The van der Waals surface area contributed by atoms with Gasteiger partial charge in [0, 0.05) is 18.4 Å². The average Bonchev–Trinajstić information content (AvgIpc) is 2.79. The molecule has 0 bridgehead atoms. The zero-order valence-corrected chi connectivity index (χ0v) is 11.9. The molecule has 1 amide bonds. The van der Waals surface area contributed by atoms with E-state index in [9.17, 15) is 4.79 Å². The maximum Gasteiger partial charge on any atom is 0.272 e. The Morgan fingerprint density at radius 3 is 2.89 bits per heavy atom. The lowest BCUT2D eigenvalue weighted by atomic mass is 9.93. The first-order valence-electron chi connectivity index (χ1n) is 6.34. The van der Waals surface area contributed by atoms with Crippen LogP contribution in [0.25, 0.3) is 0 Å². The predicted molar refractivity (Wildman–Crippen MR) is 77.2 cm³/mol. The van der Waals surface area contributed by atoms with Crippen molar-refractivity contribution in [2.24, 2.45) is 0 Å². The largest absolute Gasteiger partial charge is 0.340 e. The molecule has 2 aromatic rings. The fourth-order valence-electron chi connectivity index (χ4n) is 2.24. The van der Waals surface area contributed by atoms with Crippen LogP contribution < -0.4 is 5.32 Å². The quantitative estimate of drug-likeness (QED) is 0.878. The summed E-state index contributed by atoms with van der Waals surface area (Å²) >= 11 is 3.33. The summed E-state index contributed by atoms with van der Waals surface area (Å²) in [5, 5.41) is 2.89. The van der Waals surface area contributed by atoms with E-state index in [-0.39, 0.29) is 5.91 Å². The third-order valence-corrected chi connectivity index (χ3v) is 4.12. The molecule has 4 nitrogen and oxygen atoms in total. The minimum atomic E-state index is -0.0920. The van der Waals surface area contributed by atoms with Gasteiger partial charge in [-0.1, -0.05) is 0 Å². The van der Waals surface area contributed by atoms with Crippen molar-refractivity contribution in [1.82, 2.24) is 9.55 Å². The van der Waals surface area contributed by atoms with Crippen molar-refractivity contribution in [3.8, 4) is 0 Å². The summed E-state index contributed by atoms with van der Waals surface area (Å²) in [7, 11) is 0. The smallest absolute Gasteiger partial charge is 0.272 e. The molecule has 1 N–H and O–H groups in total. The summed E-state index contributed by atoms with van der Waals surface area (Å²) in [5.74, 6) is -0.0920. The Morgan fingerprint density at radius 1 is 1.37 bits per heavy atom. The number of amides is 1. The molecule has 0 unspecified atom stereocenters. The molecule has 3 rings (SSSR count). The van der Waals surface area contributed by atoms with Crippen LogP contribution in [-0.4, -0.2) is 15.5 Å². The number of anilines is 1. The van der Waals surface area contributed by atoms with E-state index in [1.165, 1.54) is 6.42 Å². The van der Waals surface area contributed by atoms with E-state index in [1.807, 2.05) is 24.4 Å². The van der Waals surface area contributed by atoms with Crippen molar-refractivity contribution in [1.29, 1.82) is 0 Å². The Morgan fingerprint density at radius 2 is 2.21 bits per heavy atom. The van der Waals surface area contributed by atoms with Crippen LogP contribution in [0.2, 0.25) is 0 Å². The second-order valence-electron chi connectivity index (χ2n) is 4.68. The van der Waals surface area contributed by atoms with E-state index in [4.69, 9.17) is 0 Å². The van der Waals surface area contributed by atoms with Gasteiger partial charge in [-0.25, -0.2) is 4.98 Å².